The third-order valence-corrected chi connectivity index (χ3v) is 8.03. The summed E-state index contributed by atoms with van der Waals surface area (Å²) in [5.74, 6) is 0. The van der Waals surface area contributed by atoms with E-state index in [1.165, 1.54) is 35.3 Å². The lowest BCUT2D eigenvalue weighted by atomic mass is 9.72. The van der Waals surface area contributed by atoms with Crippen LogP contribution in [0, 0.1) is 0 Å². The van der Waals surface area contributed by atoms with Gasteiger partial charge in [-0.15, -0.1) is 0 Å². The molecule has 1 N–H and O–H groups in total. The average molecular weight is 427 g/mol. The highest BCUT2D eigenvalue weighted by Gasteiger charge is 2.44. The van der Waals surface area contributed by atoms with Gasteiger partial charge >= 0.3 is 0 Å². The maximum absolute atomic E-state index is 6.30. The third kappa shape index (κ3) is 4.23. The highest BCUT2D eigenvalue weighted by Crippen LogP contribution is 2.50. The molecule has 1 atom stereocenters. The van der Waals surface area contributed by atoms with Crippen LogP contribution in [0.25, 0.3) is 0 Å². The Morgan fingerprint density at radius 2 is 1.90 bits per heavy atom. The van der Waals surface area contributed by atoms with Gasteiger partial charge < -0.3 is 10.2 Å². The average Bonchev–Trinajstić information content (AvgIpc) is 3.00. The lowest BCUT2D eigenvalue weighted by Crippen LogP contribution is -2.43. The fourth-order valence-electron chi connectivity index (χ4n) is 4.79. The van der Waals surface area contributed by atoms with Crippen LogP contribution in [-0.2, 0) is 11.8 Å². The van der Waals surface area contributed by atoms with Crippen LogP contribution in [0.15, 0.2) is 54.7 Å². The Labute approximate surface area is 184 Å². The number of hydrogen-bond donors (Lipinski definition) is 1. The number of anilines is 1. The maximum Gasteiger partial charge on any atom is 0.0425 e. The fraction of sp³-hybridized carbons (Fsp3) is 0.440. The summed E-state index contributed by atoms with van der Waals surface area (Å²) in [6.07, 6.45) is 6.78. The molecule has 2 aliphatic heterocycles. The van der Waals surface area contributed by atoms with Crippen LogP contribution in [0.1, 0.15) is 48.1 Å². The first-order chi connectivity index (χ1) is 14.0. The summed E-state index contributed by atoms with van der Waals surface area (Å²) in [4.78, 5) is 2.62. The van der Waals surface area contributed by atoms with Gasteiger partial charge in [-0.05, 0) is 93.4 Å². The molecule has 0 bridgehead atoms. The first-order valence-electron chi connectivity index (χ1n) is 10.6. The number of fused-ring (bicyclic) bond motifs is 2. The van der Waals surface area contributed by atoms with E-state index in [0.717, 1.165) is 43.1 Å². The van der Waals surface area contributed by atoms with Gasteiger partial charge in [0.25, 0.3) is 0 Å². The van der Waals surface area contributed by atoms with Crippen molar-refractivity contribution in [1.29, 1.82) is 0 Å². The van der Waals surface area contributed by atoms with E-state index in [0.29, 0.717) is 5.25 Å². The molecule has 2 aromatic rings. The third-order valence-electron chi connectivity index (χ3n) is 6.81. The number of nitrogens with zero attached hydrogens (tertiary/aromatic N) is 1. The van der Waals surface area contributed by atoms with Gasteiger partial charge in [-0.25, -0.2) is 0 Å². The number of halogens is 1. The van der Waals surface area contributed by atoms with Gasteiger partial charge in [-0.1, -0.05) is 42.4 Å². The summed E-state index contributed by atoms with van der Waals surface area (Å²) in [6.45, 7) is 10.0. The van der Waals surface area contributed by atoms with Crippen LogP contribution in [0.2, 0.25) is 5.02 Å². The standard InChI is InChI=1S/C25H31ClN2S/c1-18(29-3)21-8-6-20(7-9-21)5-4-14-28-15-12-25(13-16-28)19(2)27-24-11-10-22(26)17-23(24)25/h6-11,17-18,27H,2,4-5,12-16H2,1,3H3. The zero-order chi connectivity index (χ0) is 20.4. The van der Waals surface area contributed by atoms with E-state index >= 15 is 0 Å². The van der Waals surface area contributed by atoms with E-state index in [4.69, 9.17) is 11.6 Å². The summed E-state index contributed by atoms with van der Waals surface area (Å²) in [5.41, 5.74) is 6.61. The molecule has 154 valence electrons. The van der Waals surface area contributed by atoms with E-state index in [-0.39, 0.29) is 5.41 Å². The van der Waals surface area contributed by atoms with E-state index in [9.17, 15) is 0 Å². The smallest absolute Gasteiger partial charge is 0.0425 e. The summed E-state index contributed by atoms with van der Waals surface area (Å²) in [6, 6.07) is 15.4. The second-order valence-corrected chi connectivity index (χ2v) is 10.1. The highest BCUT2D eigenvalue weighted by atomic mass is 35.5. The first-order valence-corrected chi connectivity index (χ1v) is 12.3. The molecular formula is C25H31ClN2S. The SMILES string of the molecule is C=C1Nc2ccc(Cl)cc2C12CCN(CCCc1ccc(C(C)SC)cc1)CC2. The normalized spacial score (nSPS) is 19.2. The van der Waals surface area contributed by atoms with Crippen molar-refractivity contribution in [3.63, 3.8) is 0 Å². The molecule has 2 heterocycles. The number of nitrogens with one attached hydrogen (secondary N) is 1. The van der Waals surface area contributed by atoms with Gasteiger partial charge in [-0.3, -0.25) is 0 Å². The minimum atomic E-state index is 0.0561. The molecular weight excluding hydrogens is 396 g/mol. The molecule has 1 unspecified atom stereocenters. The molecule has 1 spiro atoms. The van der Waals surface area contributed by atoms with E-state index in [1.54, 1.807) is 0 Å². The zero-order valence-corrected chi connectivity index (χ0v) is 19.1. The molecule has 1 fully saturated rings. The minimum absolute atomic E-state index is 0.0561. The van der Waals surface area contributed by atoms with Crippen molar-refractivity contribution in [2.45, 2.75) is 43.3 Å². The number of aryl methyl sites for hydroxylation is 1. The molecule has 0 aromatic heterocycles. The lowest BCUT2D eigenvalue weighted by Gasteiger charge is -2.40. The molecule has 2 aromatic carbocycles. The fourth-order valence-corrected chi connectivity index (χ4v) is 5.40. The van der Waals surface area contributed by atoms with Gasteiger partial charge in [0.1, 0.15) is 0 Å². The summed E-state index contributed by atoms with van der Waals surface area (Å²) < 4.78 is 0. The van der Waals surface area contributed by atoms with Crippen molar-refractivity contribution in [3.8, 4) is 0 Å². The molecule has 0 radical (unpaired) electrons. The molecule has 2 nitrogen and oxygen atoms in total. The summed E-state index contributed by atoms with van der Waals surface area (Å²) >= 11 is 8.20. The summed E-state index contributed by atoms with van der Waals surface area (Å²) in [7, 11) is 0. The molecule has 0 saturated carbocycles. The van der Waals surface area contributed by atoms with E-state index in [1.807, 2.05) is 17.8 Å². The molecule has 0 aliphatic carbocycles. The summed E-state index contributed by atoms with van der Waals surface area (Å²) in [5, 5.41) is 4.90. The predicted molar refractivity (Wildman–Crippen MR) is 128 cm³/mol. The van der Waals surface area contributed by atoms with Crippen molar-refractivity contribution in [3.05, 3.63) is 76.5 Å². The molecule has 4 rings (SSSR count). The molecule has 1 saturated heterocycles. The largest absolute Gasteiger partial charge is 0.358 e. The monoisotopic (exact) mass is 426 g/mol. The van der Waals surface area contributed by atoms with Gasteiger partial charge in [0.15, 0.2) is 0 Å². The first kappa shape index (κ1) is 20.8. The Bertz CT molecular complexity index is 869. The van der Waals surface area contributed by atoms with Gasteiger partial charge in [0.05, 0.1) is 0 Å². The van der Waals surface area contributed by atoms with Crippen LogP contribution in [0.5, 0.6) is 0 Å². The van der Waals surface area contributed by atoms with Crippen LogP contribution >= 0.6 is 23.4 Å². The van der Waals surface area contributed by atoms with Crippen molar-refractivity contribution in [2.24, 2.45) is 0 Å². The Kier molecular flexibility index (Phi) is 6.29. The molecule has 0 amide bonds. The highest BCUT2D eigenvalue weighted by molar-refractivity contribution is 7.98. The van der Waals surface area contributed by atoms with E-state index in [2.05, 4.69) is 66.4 Å². The van der Waals surface area contributed by atoms with Crippen molar-refractivity contribution >= 4 is 29.1 Å². The topological polar surface area (TPSA) is 15.3 Å². The van der Waals surface area contributed by atoms with Crippen LogP contribution in [-0.4, -0.2) is 30.8 Å². The van der Waals surface area contributed by atoms with E-state index < -0.39 is 0 Å². The number of piperidine rings is 1. The lowest BCUT2D eigenvalue weighted by molar-refractivity contribution is 0.179. The maximum atomic E-state index is 6.30. The van der Waals surface area contributed by atoms with Gasteiger partial charge in [0.2, 0.25) is 0 Å². The van der Waals surface area contributed by atoms with Gasteiger partial charge in [0, 0.05) is 27.1 Å². The number of thioether (sulfide) groups is 1. The Morgan fingerprint density at radius 3 is 2.59 bits per heavy atom. The second kappa shape index (κ2) is 8.75. The number of hydrogen-bond acceptors (Lipinski definition) is 3. The molecule has 29 heavy (non-hydrogen) atoms. The number of rotatable bonds is 6. The Hall–Kier alpha value is -1.42. The molecule has 2 aliphatic rings. The van der Waals surface area contributed by atoms with Crippen LogP contribution in [0.4, 0.5) is 5.69 Å². The van der Waals surface area contributed by atoms with Crippen LogP contribution in [0.3, 0.4) is 0 Å². The Balaban J connectivity index is 1.30. The predicted octanol–water partition coefficient (Wildman–Crippen LogP) is 6.67. The van der Waals surface area contributed by atoms with Crippen LogP contribution < -0.4 is 5.32 Å². The Morgan fingerprint density at radius 1 is 1.17 bits per heavy atom. The van der Waals surface area contributed by atoms with Crippen molar-refractivity contribution in [1.82, 2.24) is 4.90 Å². The second-order valence-electron chi connectivity index (χ2n) is 8.44. The van der Waals surface area contributed by atoms with Crippen molar-refractivity contribution in [2.75, 3.05) is 31.2 Å². The number of likely N-dealkylation sites (tertiary alicyclic amines) is 1. The van der Waals surface area contributed by atoms with Crippen molar-refractivity contribution < 1.29 is 0 Å². The minimum Gasteiger partial charge on any atom is -0.358 e. The quantitative estimate of drug-likeness (QED) is 0.555. The van der Waals surface area contributed by atoms with Gasteiger partial charge in [-0.2, -0.15) is 11.8 Å². The number of allylic oxidation sites excluding steroid dienone is 1. The molecule has 4 heteroatoms. The zero-order valence-electron chi connectivity index (χ0n) is 17.5. The number of benzene rings is 2.